The standard InChI is InChI=1S/C13H17FN2O4S/c1-8(17)16-10-4-5-13(11(14)6-10)21(19,20)15-7-12(18)9-2-3-9/h4-6,9,12,15,18H,2-3,7H2,1H3,(H,16,17). The van der Waals surface area contributed by atoms with Gasteiger partial charge in [-0.05, 0) is 37.0 Å². The van der Waals surface area contributed by atoms with E-state index in [1.165, 1.54) is 13.0 Å². The highest BCUT2D eigenvalue weighted by Crippen LogP contribution is 2.32. The maximum absolute atomic E-state index is 13.9. The first-order valence-corrected chi connectivity index (χ1v) is 8.03. The summed E-state index contributed by atoms with van der Waals surface area (Å²) in [5.41, 5.74) is 0.178. The summed E-state index contributed by atoms with van der Waals surface area (Å²) in [6, 6.07) is 3.32. The third-order valence-corrected chi connectivity index (χ3v) is 4.65. The fourth-order valence-corrected chi connectivity index (χ4v) is 3.03. The summed E-state index contributed by atoms with van der Waals surface area (Å²) < 4.78 is 40.0. The molecule has 1 atom stereocenters. The highest BCUT2D eigenvalue weighted by atomic mass is 32.2. The number of nitrogens with one attached hydrogen (secondary N) is 2. The maximum Gasteiger partial charge on any atom is 0.243 e. The molecular weight excluding hydrogens is 299 g/mol. The summed E-state index contributed by atoms with van der Waals surface area (Å²) in [4.78, 5) is 10.3. The van der Waals surface area contributed by atoms with E-state index in [9.17, 15) is 22.7 Å². The van der Waals surface area contributed by atoms with Crippen LogP contribution >= 0.6 is 0 Å². The number of amides is 1. The first-order chi connectivity index (χ1) is 9.79. The average molecular weight is 316 g/mol. The molecule has 0 aromatic heterocycles. The number of aliphatic hydroxyl groups excluding tert-OH is 1. The Kier molecular flexibility index (Phi) is 4.60. The van der Waals surface area contributed by atoms with Crippen LogP contribution in [0.5, 0.6) is 0 Å². The Hall–Kier alpha value is -1.51. The summed E-state index contributed by atoms with van der Waals surface area (Å²) in [7, 11) is -4.03. The summed E-state index contributed by atoms with van der Waals surface area (Å²) in [5.74, 6) is -1.22. The number of hydrogen-bond acceptors (Lipinski definition) is 4. The molecule has 1 aromatic carbocycles. The van der Waals surface area contributed by atoms with Crippen molar-refractivity contribution in [3.8, 4) is 0 Å². The van der Waals surface area contributed by atoms with Gasteiger partial charge in [0.05, 0.1) is 6.10 Å². The summed E-state index contributed by atoms with van der Waals surface area (Å²) in [6.45, 7) is 1.13. The predicted octanol–water partition coefficient (Wildman–Crippen LogP) is 0.833. The molecule has 0 saturated heterocycles. The van der Waals surface area contributed by atoms with Crippen molar-refractivity contribution in [3.63, 3.8) is 0 Å². The van der Waals surface area contributed by atoms with Crippen LogP contribution in [0, 0.1) is 11.7 Å². The molecule has 21 heavy (non-hydrogen) atoms. The van der Waals surface area contributed by atoms with E-state index in [1.54, 1.807) is 0 Å². The highest BCUT2D eigenvalue weighted by Gasteiger charge is 2.31. The minimum absolute atomic E-state index is 0.125. The van der Waals surface area contributed by atoms with Crippen LogP contribution in [0.25, 0.3) is 0 Å². The van der Waals surface area contributed by atoms with Crippen molar-refractivity contribution in [1.82, 2.24) is 4.72 Å². The van der Waals surface area contributed by atoms with Crippen LogP contribution in [-0.4, -0.2) is 32.1 Å². The van der Waals surface area contributed by atoms with E-state index < -0.39 is 26.8 Å². The van der Waals surface area contributed by atoms with E-state index in [0.717, 1.165) is 25.0 Å². The third-order valence-electron chi connectivity index (χ3n) is 3.19. The molecule has 1 fully saturated rings. The van der Waals surface area contributed by atoms with Crippen LogP contribution in [0.1, 0.15) is 19.8 Å². The van der Waals surface area contributed by atoms with Gasteiger partial charge in [0.1, 0.15) is 10.7 Å². The maximum atomic E-state index is 13.9. The molecule has 1 aliphatic carbocycles. The molecule has 3 N–H and O–H groups in total. The van der Waals surface area contributed by atoms with Gasteiger partial charge in [0, 0.05) is 19.2 Å². The molecule has 0 spiro atoms. The van der Waals surface area contributed by atoms with Crippen LogP contribution in [0.2, 0.25) is 0 Å². The van der Waals surface area contributed by atoms with E-state index in [1.807, 2.05) is 0 Å². The van der Waals surface area contributed by atoms with E-state index in [4.69, 9.17) is 0 Å². The van der Waals surface area contributed by atoms with Gasteiger partial charge in [-0.2, -0.15) is 0 Å². The van der Waals surface area contributed by atoms with Gasteiger partial charge in [-0.3, -0.25) is 4.79 Å². The largest absolute Gasteiger partial charge is 0.391 e. The van der Waals surface area contributed by atoms with Crippen molar-refractivity contribution in [2.24, 2.45) is 5.92 Å². The predicted molar refractivity (Wildman–Crippen MR) is 74.6 cm³/mol. The number of rotatable bonds is 6. The molecule has 6 nitrogen and oxygen atoms in total. The lowest BCUT2D eigenvalue weighted by Gasteiger charge is -2.12. The zero-order valence-corrected chi connectivity index (χ0v) is 12.3. The van der Waals surface area contributed by atoms with E-state index in [-0.39, 0.29) is 24.1 Å². The minimum atomic E-state index is -4.03. The fraction of sp³-hybridized carbons (Fsp3) is 0.462. The molecule has 1 unspecified atom stereocenters. The average Bonchev–Trinajstić information content (AvgIpc) is 3.19. The SMILES string of the molecule is CC(=O)Nc1ccc(S(=O)(=O)NCC(O)C2CC2)c(F)c1. The smallest absolute Gasteiger partial charge is 0.243 e. The van der Waals surface area contributed by atoms with Gasteiger partial charge >= 0.3 is 0 Å². The van der Waals surface area contributed by atoms with Gasteiger partial charge in [-0.15, -0.1) is 0 Å². The molecule has 0 heterocycles. The second kappa shape index (κ2) is 6.08. The van der Waals surface area contributed by atoms with Crippen LogP contribution < -0.4 is 10.0 Å². The molecule has 1 saturated carbocycles. The van der Waals surface area contributed by atoms with Gasteiger partial charge in [-0.25, -0.2) is 17.5 Å². The number of sulfonamides is 1. The first kappa shape index (κ1) is 15.9. The Morgan fingerprint density at radius 2 is 2.14 bits per heavy atom. The van der Waals surface area contributed by atoms with E-state index in [0.29, 0.717) is 0 Å². The molecule has 0 radical (unpaired) electrons. The molecule has 0 bridgehead atoms. The first-order valence-electron chi connectivity index (χ1n) is 6.54. The van der Waals surface area contributed by atoms with Gasteiger partial charge in [0.15, 0.2) is 0 Å². The molecule has 1 aromatic rings. The van der Waals surface area contributed by atoms with Crippen LogP contribution in [0.4, 0.5) is 10.1 Å². The van der Waals surface area contributed by atoms with Crippen molar-refractivity contribution in [1.29, 1.82) is 0 Å². The molecule has 2 rings (SSSR count). The summed E-state index contributed by atoms with van der Waals surface area (Å²) >= 11 is 0. The normalized spacial score (nSPS) is 16.5. The fourth-order valence-electron chi connectivity index (χ4n) is 1.92. The quantitative estimate of drug-likeness (QED) is 0.724. The Bertz CT molecular complexity index is 644. The number of benzene rings is 1. The van der Waals surface area contributed by atoms with Crippen molar-refractivity contribution >= 4 is 21.6 Å². The Morgan fingerprint density at radius 3 is 2.67 bits per heavy atom. The second-order valence-electron chi connectivity index (χ2n) is 5.08. The summed E-state index contributed by atoms with van der Waals surface area (Å²) in [5, 5.41) is 12.0. The zero-order chi connectivity index (χ0) is 15.6. The van der Waals surface area contributed by atoms with E-state index in [2.05, 4.69) is 10.0 Å². The second-order valence-corrected chi connectivity index (χ2v) is 6.82. The number of hydrogen-bond donors (Lipinski definition) is 3. The Labute approximate surface area is 122 Å². The van der Waals surface area contributed by atoms with Crippen molar-refractivity contribution in [3.05, 3.63) is 24.0 Å². The molecule has 116 valence electrons. The third kappa shape index (κ3) is 4.23. The lowest BCUT2D eigenvalue weighted by Crippen LogP contribution is -2.33. The monoisotopic (exact) mass is 316 g/mol. The lowest BCUT2D eigenvalue weighted by atomic mass is 10.2. The molecule has 0 aliphatic heterocycles. The lowest BCUT2D eigenvalue weighted by molar-refractivity contribution is -0.114. The molecule has 1 amide bonds. The number of aliphatic hydroxyl groups is 1. The topological polar surface area (TPSA) is 95.5 Å². The number of carbonyl (C=O) groups is 1. The van der Waals surface area contributed by atoms with Gasteiger partial charge in [0.2, 0.25) is 15.9 Å². The molecular formula is C13H17FN2O4S. The van der Waals surface area contributed by atoms with Crippen molar-refractivity contribution in [2.75, 3.05) is 11.9 Å². The number of halogens is 1. The summed E-state index contributed by atoms with van der Waals surface area (Å²) in [6.07, 6.45) is 1.01. The van der Waals surface area contributed by atoms with Crippen LogP contribution in [0.3, 0.4) is 0 Å². The number of carbonyl (C=O) groups excluding carboxylic acids is 1. The van der Waals surface area contributed by atoms with Crippen molar-refractivity contribution in [2.45, 2.75) is 30.8 Å². The Morgan fingerprint density at radius 1 is 1.48 bits per heavy atom. The zero-order valence-electron chi connectivity index (χ0n) is 11.5. The highest BCUT2D eigenvalue weighted by molar-refractivity contribution is 7.89. The minimum Gasteiger partial charge on any atom is -0.391 e. The van der Waals surface area contributed by atoms with Crippen molar-refractivity contribution < 1.29 is 22.7 Å². The Balaban J connectivity index is 2.09. The van der Waals surface area contributed by atoms with E-state index >= 15 is 0 Å². The van der Waals surface area contributed by atoms with Gasteiger partial charge < -0.3 is 10.4 Å². The van der Waals surface area contributed by atoms with Crippen LogP contribution in [0.15, 0.2) is 23.1 Å². The van der Waals surface area contributed by atoms with Gasteiger partial charge in [0.25, 0.3) is 0 Å². The van der Waals surface area contributed by atoms with Crippen LogP contribution in [-0.2, 0) is 14.8 Å². The number of anilines is 1. The van der Waals surface area contributed by atoms with Gasteiger partial charge in [-0.1, -0.05) is 0 Å². The molecule has 1 aliphatic rings. The molecule has 8 heteroatoms.